The van der Waals surface area contributed by atoms with Crippen molar-refractivity contribution in [3.63, 3.8) is 0 Å². The van der Waals surface area contributed by atoms with E-state index in [1.807, 2.05) is 0 Å². The van der Waals surface area contributed by atoms with Crippen molar-refractivity contribution in [2.45, 2.75) is 0 Å². The SMILES string of the molecule is [2H]c1c([2H])c([2H])c(-c2nc(-c3c([2H])c([2H])c4c(c3[2H])-n3c5c([2H])c([2H])c([2H])c([2H])c5c5c([2H])c([2H])c([2H])c(c53)[Si]4(c3c([2H])c([2H])c([2H])c([2H])c3[2H])c3c([2H])c([2H])c([2H])c([2H])c3[2H])nc(-c3c([2H])c([2H])c4c(c3[2H])-n3c5c([2H])c([2H])c([2H])c([2H])c5c5c([2H])c([2H])c([2H])c(c53)[Si]4(c3c([2H])c([2H])c([2H])c([2H])c3[2H])c3c([2H])c([2H])c([2H])c([2H])c3[2H])n2)c([2H])c1[2H]. The molecule has 3 aromatic heterocycles. The van der Waals surface area contributed by atoms with Gasteiger partial charge in [0.1, 0.15) is 0 Å². The predicted octanol–water partition coefficient (Wildman–Crippen LogP) is 10.4. The summed E-state index contributed by atoms with van der Waals surface area (Å²) in [7, 11) is -12.9. The Kier molecular flexibility index (Phi) is 3.86. The molecule has 2 aliphatic heterocycles. The van der Waals surface area contributed by atoms with Crippen LogP contribution in [0.15, 0.2) is 272 Å². The summed E-state index contributed by atoms with van der Waals surface area (Å²) in [6.07, 6.45) is 0. The van der Waals surface area contributed by atoms with Crippen molar-refractivity contribution in [3.05, 3.63) is 272 Å². The molecule has 76 heavy (non-hydrogen) atoms. The first-order valence-electron chi connectivity index (χ1n) is 44.9. The van der Waals surface area contributed by atoms with Crippen LogP contribution in [0.25, 0.3) is 89.2 Å². The molecule has 0 unspecified atom stereocenters. The fourth-order valence-corrected chi connectivity index (χ4v) is 18.6. The summed E-state index contributed by atoms with van der Waals surface area (Å²) < 4.78 is 433. The molecule has 0 N–H and O–H groups in total. The minimum Gasteiger partial charge on any atom is -0.309 e. The first kappa shape index (κ1) is 17.8. The van der Waals surface area contributed by atoms with Crippen LogP contribution in [0, 0.1) is 0 Å². The molecule has 5 heterocycles. The molecule has 2 aliphatic rings. The molecule has 16 rings (SSSR count). The van der Waals surface area contributed by atoms with Gasteiger partial charge in [-0.1, -0.05) is 248 Å². The Morgan fingerprint density at radius 2 is 0.605 bits per heavy atom. The van der Waals surface area contributed by atoms with Crippen LogP contribution in [-0.4, -0.2) is 40.2 Å². The van der Waals surface area contributed by atoms with E-state index in [0.29, 0.717) is 9.13 Å². The molecule has 0 fully saturated rings. The van der Waals surface area contributed by atoms with E-state index in [-0.39, 0.29) is 0 Å². The maximum absolute atomic E-state index is 11.0. The van der Waals surface area contributed by atoms with Crippen LogP contribution in [0.5, 0.6) is 0 Å². The van der Waals surface area contributed by atoms with Crippen molar-refractivity contribution in [1.82, 2.24) is 24.1 Å². The highest BCUT2D eigenvalue weighted by Crippen LogP contribution is 2.39. The second kappa shape index (κ2) is 16.5. The number of fused-ring (bicyclic) bond motifs is 10. The molecule has 0 aliphatic carbocycles. The molecule has 0 amide bonds. The summed E-state index contributed by atoms with van der Waals surface area (Å²) >= 11 is 0. The van der Waals surface area contributed by atoms with Gasteiger partial charge in [0, 0.05) is 49.6 Å². The van der Waals surface area contributed by atoms with Gasteiger partial charge in [0.2, 0.25) is 0 Å². The van der Waals surface area contributed by atoms with Gasteiger partial charge in [0.25, 0.3) is 0 Å². The summed E-state index contributed by atoms with van der Waals surface area (Å²) in [6, 6.07) is -54.8. The van der Waals surface area contributed by atoms with Crippen molar-refractivity contribution in [1.29, 1.82) is 0 Å². The normalized spacial score (nSPS) is 22.0. The van der Waals surface area contributed by atoms with Crippen molar-refractivity contribution in [2.24, 2.45) is 0 Å². The van der Waals surface area contributed by atoms with Crippen LogP contribution in [0.2, 0.25) is 0 Å². The Morgan fingerprint density at radius 1 is 0.276 bits per heavy atom. The minimum atomic E-state index is -6.46. The van der Waals surface area contributed by atoms with Gasteiger partial charge in [0.05, 0.1) is 83.8 Å². The van der Waals surface area contributed by atoms with Gasteiger partial charge in [-0.3, -0.25) is 0 Å². The summed E-state index contributed by atoms with van der Waals surface area (Å²) in [5.41, 5.74) is -9.05. The zero-order chi connectivity index (χ0) is 89.1. The second-order valence-corrected chi connectivity index (χ2v) is 23.8. The third kappa shape index (κ3) is 5.86. The lowest BCUT2D eigenvalue weighted by Gasteiger charge is -2.40. The van der Waals surface area contributed by atoms with E-state index in [0.717, 1.165) is 0 Å². The van der Waals surface area contributed by atoms with E-state index < -0.39 is 419 Å². The predicted molar refractivity (Wildman–Crippen MR) is 319 cm³/mol. The van der Waals surface area contributed by atoms with E-state index in [4.69, 9.17) is 15.1 Å². The van der Waals surface area contributed by atoms with Crippen molar-refractivity contribution >= 4 is 101 Å². The van der Waals surface area contributed by atoms with Crippen LogP contribution in [0.4, 0.5) is 0 Å². The van der Waals surface area contributed by atoms with Gasteiger partial charge in [-0.05, 0) is 65.7 Å². The number of rotatable bonds is 7. The lowest BCUT2D eigenvalue weighted by molar-refractivity contribution is 1.07. The molecule has 0 bridgehead atoms. The Balaban J connectivity index is 1.19. The average Bonchev–Trinajstić information content (AvgIpc) is 1.54. The summed E-state index contributed by atoms with van der Waals surface area (Å²) in [5.74, 6) is -3.83. The highest BCUT2D eigenvalue weighted by Gasteiger charge is 2.49. The van der Waals surface area contributed by atoms with Crippen LogP contribution < -0.4 is 41.5 Å². The number of para-hydroxylation sites is 4. The van der Waals surface area contributed by atoms with Gasteiger partial charge in [-0.15, -0.1) is 0 Å². The molecular weight excluding hydrogens is 955 g/mol. The maximum Gasteiger partial charge on any atom is 0.184 e. The fraction of sp³-hybridized carbons (Fsp3) is 0. The Labute approximate surface area is 504 Å². The standard InChI is InChI=1S/C69H45N5Si2/c1-6-22-46(23-7-1)67-70-68(47-40-42-61-59(44-47)73-57-36-18-16-32-53(57)55-34-20-38-63(65(55)73)75(61,49-24-8-2-9-25-49)50-26-10-3-11-27-50)72-69(71-67)48-41-43-62-60(45-48)74-58-37-19-17-33-54(58)56-35-21-39-64(66(56)74)76(62,51-28-12-4-13-29-51)52-30-14-5-15-31-52/h1-45H/i1D,2D,3D,4D,5D,6D,7D,8D,9D,10D,11D,12D,13D,14D,15D,16D,17D,18D,19D,20D,21D,22D,23D,24D,25D,26D,27D,28D,29D,30D,31D,32D,33D,34D,35D,36D,37D,38D,39D,40D,41D,42D,43D,44D,45D. The molecule has 0 saturated heterocycles. The third-order valence-corrected chi connectivity index (χ3v) is 21.7. The lowest BCUT2D eigenvalue weighted by Crippen LogP contribution is -2.76. The molecule has 0 radical (unpaired) electrons. The van der Waals surface area contributed by atoms with Crippen LogP contribution >= 0.6 is 0 Å². The molecular formula is C69H45N5Si2. The zero-order valence-electron chi connectivity index (χ0n) is 82.7. The minimum absolute atomic E-state index is 0.713. The molecule has 14 aromatic rings. The van der Waals surface area contributed by atoms with E-state index in [9.17, 15) is 46.6 Å². The number of hydrogen-bond acceptors (Lipinski definition) is 3. The Hall–Kier alpha value is -9.54. The maximum atomic E-state index is 11.0. The van der Waals surface area contributed by atoms with E-state index in [1.54, 1.807) is 0 Å². The average molecular weight is 1050 g/mol. The Bertz CT molecular complexity index is 6740. The lowest BCUT2D eigenvalue weighted by atomic mass is 10.1. The Morgan fingerprint density at radius 3 is 1.00 bits per heavy atom. The molecule has 0 spiro atoms. The monoisotopic (exact) mass is 1040 g/mol. The van der Waals surface area contributed by atoms with Gasteiger partial charge in [-0.25, -0.2) is 15.0 Å². The third-order valence-electron chi connectivity index (χ3n) is 13.3. The number of hydrogen-bond donors (Lipinski definition) is 0. The van der Waals surface area contributed by atoms with E-state index >= 15 is 0 Å². The van der Waals surface area contributed by atoms with Crippen molar-refractivity contribution < 1.29 is 61.7 Å². The van der Waals surface area contributed by atoms with Gasteiger partial charge in [0.15, 0.2) is 33.6 Å². The largest absolute Gasteiger partial charge is 0.309 e. The smallest absolute Gasteiger partial charge is 0.184 e. The quantitative estimate of drug-likeness (QED) is 0.150. The molecule has 5 nitrogen and oxygen atoms in total. The first-order chi connectivity index (χ1) is 56.4. The van der Waals surface area contributed by atoms with Gasteiger partial charge < -0.3 is 9.13 Å². The highest BCUT2D eigenvalue weighted by atomic mass is 28.3. The van der Waals surface area contributed by atoms with Crippen molar-refractivity contribution in [2.75, 3.05) is 0 Å². The number of benzene rings is 11. The number of aromatic nitrogens is 5. The first-order valence-corrected chi connectivity index (χ1v) is 26.4. The van der Waals surface area contributed by atoms with Crippen LogP contribution in [0.3, 0.4) is 0 Å². The fourth-order valence-electron chi connectivity index (χ4n) is 10.3. The summed E-state index contributed by atoms with van der Waals surface area (Å²) in [6.45, 7) is 0. The van der Waals surface area contributed by atoms with E-state index in [1.165, 1.54) is 0 Å². The van der Waals surface area contributed by atoms with Gasteiger partial charge in [-0.2, -0.15) is 0 Å². The number of nitrogens with zero attached hydrogens (tertiary/aromatic N) is 5. The van der Waals surface area contributed by atoms with E-state index in [2.05, 4.69) is 15.0 Å². The van der Waals surface area contributed by atoms with Crippen molar-refractivity contribution in [3.8, 4) is 45.5 Å². The molecule has 0 atom stereocenters. The summed E-state index contributed by atoms with van der Waals surface area (Å²) in [4.78, 5) is 13.6. The highest BCUT2D eigenvalue weighted by molar-refractivity contribution is 7.22. The van der Waals surface area contributed by atoms with Crippen LogP contribution in [-0.2, 0) is 0 Å². The molecule has 7 heteroatoms. The zero-order valence-corrected chi connectivity index (χ0v) is 39.7. The molecule has 11 aromatic carbocycles. The molecule has 354 valence electrons. The van der Waals surface area contributed by atoms with Crippen LogP contribution in [0.1, 0.15) is 61.7 Å². The topological polar surface area (TPSA) is 48.5 Å². The molecule has 0 saturated carbocycles. The second-order valence-electron chi connectivity index (χ2n) is 16.8. The summed E-state index contributed by atoms with van der Waals surface area (Å²) in [5, 5.41) is -11.6. The van der Waals surface area contributed by atoms with Gasteiger partial charge >= 0.3 is 0 Å².